The normalized spacial score (nSPS) is 13.8. The van der Waals surface area contributed by atoms with Gasteiger partial charge in [-0.25, -0.2) is 4.39 Å². The number of fused-ring (bicyclic) bond motifs is 1. The topological polar surface area (TPSA) is 42.7 Å². The first-order valence-corrected chi connectivity index (χ1v) is 7.75. The zero-order chi connectivity index (χ0) is 15.6. The van der Waals surface area contributed by atoms with Crippen molar-refractivity contribution in [1.29, 1.82) is 0 Å². The number of halogens is 1. The molecule has 1 aromatic carbocycles. The van der Waals surface area contributed by atoms with Gasteiger partial charge in [0.15, 0.2) is 0 Å². The maximum atomic E-state index is 13.1. The zero-order valence-electron chi connectivity index (χ0n) is 12.7. The van der Waals surface area contributed by atoms with Crippen LogP contribution < -0.4 is 5.32 Å². The minimum Gasteiger partial charge on any atom is -0.312 e. The Morgan fingerprint density at radius 1 is 1.17 bits per heavy atom. The first-order chi connectivity index (χ1) is 11.3. The summed E-state index contributed by atoms with van der Waals surface area (Å²) >= 11 is 0. The summed E-state index contributed by atoms with van der Waals surface area (Å²) in [5.74, 6) is -0.212. The van der Waals surface area contributed by atoms with Crippen LogP contribution in [0.4, 0.5) is 4.39 Å². The minimum atomic E-state index is -0.212. The van der Waals surface area contributed by atoms with Crippen molar-refractivity contribution in [2.45, 2.75) is 19.5 Å². The van der Waals surface area contributed by atoms with Crippen molar-refractivity contribution in [3.63, 3.8) is 0 Å². The van der Waals surface area contributed by atoms with Crippen LogP contribution in [0.3, 0.4) is 0 Å². The number of hydrogen-bond acceptors (Lipinski definition) is 3. The fourth-order valence-electron chi connectivity index (χ4n) is 3.05. The Morgan fingerprint density at radius 2 is 2.04 bits per heavy atom. The van der Waals surface area contributed by atoms with Crippen LogP contribution in [0.5, 0.6) is 0 Å². The summed E-state index contributed by atoms with van der Waals surface area (Å²) in [6.07, 6.45) is 4.56. The molecule has 0 atom stereocenters. The van der Waals surface area contributed by atoms with Crippen LogP contribution in [-0.4, -0.2) is 21.3 Å². The van der Waals surface area contributed by atoms with E-state index in [2.05, 4.69) is 10.3 Å². The average Bonchev–Trinajstić information content (AvgIpc) is 2.97. The Balaban J connectivity index is 1.75. The van der Waals surface area contributed by atoms with Gasteiger partial charge in [-0.3, -0.25) is 9.67 Å². The number of pyridine rings is 1. The quantitative estimate of drug-likeness (QED) is 0.809. The van der Waals surface area contributed by atoms with Gasteiger partial charge in [0, 0.05) is 48.7 Å². The molecule has 4 nitrogen and oxygen atoms in total. The number of rotatable bonds is 3. The smallest absolute Gasteiger partial charge is 0.123 e. The van der Waals surface area contributed by atoms with Crippen molar-refractivity contribution in [3.05, 3.63) is 71.4 Å². The molecule has 0 radical (unpaired) electrons. The van der Waals surface area contributed by atoms with Gasteiger partial charge in [-0.1, -0.05) is 12.1 Å². The lowest BCUT2D eigenvalue weighted by molar-refractivity contribution is 0.581. The molecule has 0 amide bonds. The molecule has 1 aliphatic rings. The first kappa shape index (κ1) is 14.1. The largest absolute Gasteiger partial charge is 0.312 e. The third kappa shape index (κ3) is 2.75. The second-order valence-corrected chi connectivity index (χ2v) is 5.73. The molecular weight excluding hydrogens is 291 g/mol. The molecule has 1 aliphatic heterocycles. The molecular formula is C18H17FN4. The highest BCUT2D eigenvalue weighted by Crippen LogP contribution is 2.27. The minimum absolute atomic E-state index is 0.212. The van der Waals surface area contributed by atoms with Crippen molar-refractivity contribution in [1.82, 2.24) is 20.1 Å². The van der Waals surface area contributed by atoms with Crippen molar-refractivity contribution in [2.75, 3.05) is 6.54 Å². The molecule has 1 N–H and O–H groups in total. The van der Waals surface area contributed by atoms with Gasteiger partial charge >= 0.3 is 0 Å². The highest BCUT2D eigenvalue weighted by molar-refractivity contribution is 5.63. The van der Waals surface area contributed by atoms with Gasteiger partial charge in [0.05, 0.1) is 12.2 Å². The summed E-state index contributed by atoms with van der Waals surface area (Å²) in [4.78, 5) is 4.20. The number of nitrogens with one attached hydrogen (secondary N) is 1. The predicted octanol–water partition coefficient (Wildman–Crippen LogP) is 2.78. The first-order valence-electron chi connectivity index (χ1n) is 7.75. The lowest BCUT2D eigenvalue weighted by Gasteiger charge is -2.15. The fourth-order valence-corrected chi connectivity index (χ4v) is 3.05. The summed E-state index contributed by atoms with van der Waals surface area (Å²) in [5.41, 5.74) is 5.57. The van der Waals surface area contributed by atoms with Crippen LogP contribution in [0.25, 0.3) is 11.3 Å². The van der Waals surface area contributed by atoms with Gasteiger partial charge in [0.25, 0.3) is 0 Å². The summed E-state index contributed by atoms with van der Waals surface area (Å²) in [5, 5.41) is 8.24. The molecule has 0 spiro atoms. The molecule has 0 unspecified atom stereocenters. The Labute approximate surface area is 134 Å². The molecule has 3 heterocycles. The summed E-state index contributed by atoms with van der Waals surface area (Å²) in [6, 6.07) is 10.6. The van der Waals surface area contributed by atoms with Gasteiger partial charge in [-0.2, -0.15) is 5.10 Å². The van der Waals surface area contributed by atoms with Crippen molar-refractivity contribution >= 4 is 0 Å². The van der Waals surface area contributed by atoms with E-state index in [1.165, 1.54) is 23.4 Å². The molecule has 0 saturated carbocycles. The standard InChI is InChI=1S/C18H17FN4/c19-15-5-3-13(4-6-15)12-23-17-7-9-21-11-16(17)18(22-23)14-2-1-8-20-10-14/h1-6,8,10,21H,7,9,11-12H2. The van der Waals surface area contributed by atoms with E-state index >= 15 is 0 Å². The number of hydrogen-bond donors (Lipinski definition) is 1. The van der Waals surface area contributed by atoms with Gasteiger partial charge in [-0.15, -0.1) is 0 Å². The van der Waals surface area contributed by atoms with Gasteiger partial charge < -0.3 is 5.32 Å². The molecule has 0 bridgehead atoms. The Morgan fingerprint density at radius 3 is 2.83 bits per heavy atom. The molecule has 4 rings (SSSR count). The number of nitrogens with zero attached hydrogens (tertiary/aromatic N) is 3. The van der Waals surface area contributed by atoms with Gasteiger partial charge in [0.1, 0.15) is 5.82 Å². The molecule has 5 heteroatoms. The molecule has 116 valence electrons. The van der Waals surface area contributed by atoms with E-state index in [0.717, 1.165) is 36.3 Å². The average molecular weight is 308 g/mol. The summed E-state index contributed by atoms with van der Waals surface area (Å²) in [7, 11) is 0. The maximum absolute atomic E-state index is 13.1. The lowest BCUT2D eigenvalue weighted by Crippen LogP contribution is -2.25. The molecule has 0 saturated heterocycles. The highest BCUT2D eigenvalue weighted by Gasteiger charge is 2.21. The van der Waals surface area contributed by atoms with Gasteiger partial charge in [-0.05, 0) is 29.8 Å². The Kier molecular flexibility index (Phi) is 3.63. The maximum Gasteiger partial charge on any atom is 0.123 e. The molecule has 2 aromatic heterocycles. The lowest BCUT2D eigenvalue weighted by atomic mass is 10.0. The third-order valence-corrected chi connectivity index (χ3v) is 4.19. The predicted molar refractivity (Wildman–Crippen MR) is 86.4 cm³/mol. The second-order valence-electron chi connectivity index (χ2n) is 5.73. The van der Waals surface area contributed by atoms with Crippen LogP contribution >= 0.6 is 0 Å². The van der Waals surface area contributed by atoms with E-state index in [9.17, 15) is 4.39 Å². The third-order valence-electron chi connectivity index (χ3n) is 4.19. The van der Waals surface area contributed by atoms with Crippen molar-refractivity contribution in [2.24, 2.45) is 0 Å². The summed E-state index contributed by atoms with van der Waals surface area (Å²) in [6.45, 7) is 2.43. The van der Waals surface area contributed by atoms with Crippen LogP contribution in [-0.2, 0) is 19.5 Å². The van der Waals surface area contributed by atoms with Crippen molar-refractivity contribution in [3.8, 4) is 11.3 Å². The Hall–Kier alpha value is -2.53. The SMILES string of the molecule is Fc1ccc(Cn2nc(-c3cccnc3)c3c2CCNC3)cc1. The number of benzene rings is 1. The van der Waals surface area contributed by atoms with E-state index in [4.69, 9.17) is 5.10 Å². The zero-order valence-corrected chi connectivity index (χ0v) is 12.7. The van der Waals surface area contributed by atoms with E-state index in [1.54, 1.807) is 6.20 Å². The van der Waals surface area contributed by atoms with E-state index in [0.29, 0.717) is 6.54 Å². The van der Waals surface area contributed by atoms with Gasteiger partial charge in [0.2, 0.25) is 0 Å². The summed E-state index contributed by atoms with van der Waals surface area (Å²) < 4.78 is 15.1. The molecule has 23 heavy (non-hydrogen) atoms. The van der Waals surface area contributed by atoms with Crippen LogP contribution in [0, 0.1) is 5.82 Å². The van der Waals surface area contributed by atoms with E-state index in [1.807, 2.05) is 35.1 Å². The van der Waals surface area contributed by atoms with E-state index in [-0.39, 0.29) is 5.82 Å². The molecule has 3 aromatic rings. The molecule has 0 aliphatic carbocycles. The van der Waals surface area contributed by atoms with Crippen LogP contribution in [0.2, 0.25) is 0 Å². The molecule has 0 fully saturated rings. The second kappa shape index (κ2) is 5.93. The van der Waals surface area contributed by atoms with E-state index < -0.39 is 0 Å². The Bertz CT molecular complexity index is 809. The van der Waals surface area contributed by atoms with Crippen LogP contribution in [0.15, 0.2) is 48.8 Å². The van der Waals surface area contributed by atoms with Crippen molar-refractivity contribution < 1.29 is 4.39 Å². The monoisotopic (exact) mass is 308 g/mol. The highest BCUT2D eigenvalue weighted by atomic mass is 19.1. The van der Waals surface area contributed by atoms with Crippen LogP contribution in [0.1, 0.15) is 16.8 Å². The fraction of sp³-hybridized carbons (Fsp3) is 0.222. The number of aromatic nitrogens is 3.